The van der Waals surface area contributed by atoms with Crippen LogP contribution in [0.15, 0.2) is 18.2 Å². The number of rotatable bonds is 2. The molecule has 1 fully saturated rings. The summed E-state index contributed by atoms with van der Waals surface area (Å²) in [5.41, 5.74) is -0.584. The Kier molecular flexibility index (Phi) is 2.71. The Morgan fingerprint density at radius 2 is 2.12 bits per heavy atom. The zero-order valence-electron chi connectivity index (χ0n) is 9.80. The summed E-state index contributed by atoms with van der Waals surface area (Å²) in [6, 6.07) is 4.53. The van der Waals surface area contributed by atoms with Gasteiger partial charge in [-0.3, -0.25) is 4.79 Å². The lowest BCUT2D eigenvalue weighted by Crippen LogP contribution is -2.61. The minimum Gasteiger partial charge on any atom is -0.507 e. The molecule has 17 heavy (non-hydrogen) atoms. The minimum atomic E-state index is -0.808. The van der Waals surface area contributed by atoms with Gasteiger partial charge in [0.15, 0.2) is 0 Å². The van der Waals surface area contributed by atoms with Gasteiger partial charge in [-0.25, -0.2) is 0 Å². The van der Waals surface area contributed by atoms with Gasteiger partial charge in [0.1, 0.15) is 11.5 Å². The van der Waals surface area contributed by atoms with Crippen molar-refractivity contribution in [1.29, 1.82) is 0 Å². The van der Waals surface area contributed by atoms with Gasteiger partial charge >= 0.3 is 0 Å². The van der Waals surface area contributed by atoms with E-state index < -0.39 is 5.60 Å². The van der Waals surface area contributed by atoms with Crippen molar-refractivity contribution in [3.05, 3.63) is 23.8 Å². The number of β-amino-alcohol motifs (C(OH)–C–C–N with tert-alkyl or cyclic N) is 1. The fourth-order valence-electron chi connectivity index (χ4n) is 1.91. The maximum absolute atomic E-state index is 11.9. The Morgan fingerprint density at radius 3 is 2.59 bits per heavy atom. The third kappa shape index (κ3) is 2.19. The van der Waals surface area contributed by atoms with Crippen molar-refractivity contribution < 1.29 is 19.7 Å². The molecular formula is C12H15NO4. The number of carbonyl (C=O) groups excluding carboxylic acids is 1. The number of ether oxygens (including phenoxy) is 1. The first-order valence-electron chi connectivity index (χ1n) is 5.31. The highest BCUT2D eigenvalue weighted by molar-refractivity contribution is 5.97. The average Bonchev–Trinajstić information content (AvgIpc) is 2.24. The van der Waals surface area contributed by atoms with Crippen LogP contribution in [0.25, 0.3) is 0 Å². The van der Waals surface area contributed by atoms with Crippen molar-refractivity contribution in [2.45, 2.75) is 12.5 Å². The number of benzene rings is 1. The summed E-state index contributed by atoms with van der Waals surface area (Å²) < 4.78 is 4.94. The molecule has 2 rings (SSSR count). The lowest BCUT2D eigenvalue weighted by atomic mass is 9.96. The van der Waals surface area contributed by atoms with E-state index in [1.165, 1.54) is 24.1 Å². The number of phenols is 1. The molecule has 0 radical (unpaired) electrons. The Hall–Kier alpha value is -1.75. The van der Waals surface area contributed by atoms with Crippen molar-refractivity contribution in [1.82, 2.24) is 4.90 Å². The van der Waals surface area contributed by atoms with E-state index in [9.17, 15) is 15.0 Å². The summed E-state index contributed by atoms with van der Waals surface area (Å²) in [6.45, 7) is 2.25. The van der Waals surface area contributed by atoms with Gasteiger partial charge in [0, 0.05) is 6.07 Å². The highest BCUT2D eigenvalue weighted by Crippen LogP contribution is 2.28. The van der Waals surface area contributed by atoms with E-state index in [2.05, 4.69) is 0 Å². The van der Waals surface area contributed by atoms with E-state index in [0.717, 1.165) is 0 Å². The molecule has 0 spiro atoms. The second-order valence-electron chi connectivity index (χ2n) is 4.54. The monoisotopic (exact) mass is 237 g/mol. The predicted octanol–water partition coefficient (Wildman–Crippen LogP) is 0.608. The molecule has 1 aromatic carbocycles. The van der Waals surface area contributed by atoms with Crippen molar-refractivity contribution in [2.24, 2.45) is 0 Å². The van der Waals surface area contributed by atoms with Gasteiger partial charge in [-0.15, -0.1) is 0 Å². The first-order chi connectivity index (χ1) is 7.93. The molecule has 1 heterocycles. The second-order valence-corrected chi connectivity index (χ2v) is 4.54. The number of nitrogens with zero attached hydrogens (tertiary/aromatic N) is 1. The van der Waals surface area contributed by atoms with Crippen LogP contribution in [0.3, 0.4) is 0 Å². The van der Waals surface area contributed by atoms with Crippen LogP contribution < -0.4 is 4.74 Å². The van der Waals surface area contributed by atoms with E-state index in [-0.39, 0.29) is 30.3 Å². The number of likely N-dealkylation sites (tertiary alicyclic amines) is 1. The predicted molar refractivity (Wildman–Crippen MR) is 61.2 cm³/mol. The molecular weight excluding hydrogens is 222 g/mol. The summed E-state index contributed by atoms with van der Waals surface area (Å²) in [7, 11) is 1.49. The Morgan fingerprint density at radius 1 is 1.47 bits per heavy atom. The number of aliphatic hydroxyl groups is 1. The lowest BCUT2D eigenvalue weighted by molar-refractivity contribution is -0.0669. The van der Waals surface area contributed by atoms with Crippen LogP contribution in [0.5, 0.6) is 11.5 Å². The van der Waals surface area contributed by atoms with Crippen LogP contribution in [0.2, 0.25) is 0 Å². The van der Waals surface area contributed by atoms with Crippen LogP contribution in [0, 0.1) is 0 Å². The molecule has 1 aromatic rings. The third-order valence-corrected chi connectivity index (χ3v) is 2.79. The van der Waals surface area contributed by atoms with Gasteiger partial charge in [-0.05, 0) is 19.1 Å². The maximum atomic E-state index is 11.9. The summed E-state index contributed by atoms with van der Waals surface area (Å²) in [4.78, 5) is 13.4. The average molecular weight is 237 g/mol. The lowest BCUT2D eigenvalue weighted by Gasteiger charge is -2.44. The number of hydrogen-bond acceptors (Lipinski definition) is 4. The quantitative estimate of drug-likeness (QED) is 0.790. The van der Waals surface area contributed by atoms with E-state index in [1.807, 2.05) is 0 Å². The van der Waals surface area contributed by atoms with Gasteiger partial charge in [0.2, 0.25) is 0 Å². The topological polar surface area (TPSA) is 70.0 Å². The number of carbonyl (C=O) groups is 1. The minimum absolute atomic E-state index is 0.110. The molecule has 1 saturated heterocycles. The molecule has 0 saturated carbocycles. The molecule has 1 amide bonds. The largest absolute Gasteiger partial charge is 0.507 e. The molecule has 5 nitrogen and oxygen atoms in total. The van der Waals surface area contributed by atoms with E-state index >= 15 is 0 Å². The zero-order chi connectivity index (χ0) is 12.6. The highest BCUT2D eigenvalue weighted by Gasteiger charge is 2.40. The van der Waals surface area contributed by atoms with Crippen LogP contribution in [0.1, 0.15) is 17.3 Å². The van der Waals surface area contributed by atoms with Gasteiger partial charge < -0.3 is 19.8 Å². The summed E-state index contributed by atoms with van der Waals surface area (Å²) in [5, 5.41) is 19.3. The number of hydrogen-bond donors (Lipinski definition) is 2. The summed E-state index contributed by atoms with van der Waals surface area (Å²) in [6.07, 6.45) is 0. The molecule has 0 bridgehead atoms. The van der Waals surface area contributed by atoms with E-state index in [4.69, 9.17) is 4.74 Å². The van der Waals surface area contributed by atoms with Crippen LogP contribution in [-0.2, 0) is 0 Å². The van der Waals surface area contributed by atoms with Crippen molar-refractivity contribution in [2.75, 3.05) is 20.2 Å². The fourth-order valence-corrected chi connectivity index (χ4v) is 1.91. The van der Waals surface area contributed by atoms with Crippen LogP contribution in [0.4, 0.5) is 0 Å². The van der Waals surface area contributed by atoms with Gasteiger partial charge in [0.25, 0.3) is 5.91 Å². The molecule has 1 aliphatic rings. The number of amides is 1. The SMILES string of the molecule is COc1ccc(C(=O)N2CC(C)(O)C2)c(O)c1. The Bertz CT molecular complexity index is 448. The standard InChI is InChI=1S/C12H15NO4/c1-12(16)6-13(7-12)11(15)9-4-3-8(17-2)5-10(9)14/h3-5,14,16H,6-7H2,1-2H3. The smallest absolute Gasteiger partial charge is 0.257 e. The first kappa shape index (κ1) is 11.7. The van der Waals surface area contributed by atoms with Gasteiger partial charge in [0.05, 0.1) is 31.4 Å². The van der Waals surface area contributed by atoms with Crippen molar-refractivity contribution in [3.63, 3.8) is 0 Å². The number of methoxy groups -OCH3 is 1. The third-order valence-electron chi connectivity index (χ3n) is 2.79. The number of phenolic OH excluding ortho intramolecular Hbond substituents is 1. The summed E-state index contributed by atoms with van der Waals surface area (Å²) in [5.74, 6) is 0.104. The highest BCUT2D eigenvalue weighted by atomic mass is 16.5. The normalized spacial score (nSPS) is 17.5. The number of aromatic hydroxyl groups is 1. The molecule has 5 heteroatoms. The van der Waals surface area contributed by atoms with Gasteiger partial charge in [-0.2, -0.15) is 0 Å². The molecule has 0 aromatic heterocycles. The van der Waals surface area contributed by atoms with E-state index in [1.54, 1.807) is 13.0 Å². The summed E-state index contributed by atoms with van der Waals surface area (Å²) >= 11 is 0. The Labute approximate surface area is 99.2 Å². The first-order valence-corrected chi connectivity index (χ1v) is 5.31. The van der Waals surface area contributed by atoms with Crippen molar-refractivity contribution >= 4 is 5.91 Å². The zero-order valence-corrected chi connectivity index (χ0v) is 9.80. The van der Waals surface area contributed by atoms with Gasteiger partial charge in [-0.1, -0.05) is 0 Å². The second kappa shape index (κ2) is 3.92. The maximum Gasteiger partial charge on any atom is 0.257 e. The molecule has 0 atom stereocenters. The van der Waals surface area contributed by atoms with E-state index in [0.29, 0.717) is 5.75 Å². The van der Waals surface area contributed by atoms with Crippen molar-refractivity contribution in [3.8, 4) is 11.5 Å². The van der Waals surface area contributed by atoms with Crippen LogP contribution >= 0.6 is 0 Å². The molecule has 0 unspecified atom stereocenters. The molecule has 92 valence electrons. The molecule has 1 aliphatic heterocycles. The molecule has 0 aliphatic carbocycles. The fraction of sp³-hybridized carbons (Fsp3) is 0.417. The van der Waals surface area contributed by atoms with Crippen LogP contribution in [-0.4, -0.2) is 46.8 Å². The Balaban J connectivity index is 2.15. The molecule has 2 N–H and O–H groups in total.